The molecule has 1 rings (SSSR count). The van der Waals surface area contributed by atoms with Crippen molar-refractivity contribution in [3.8, 4) is 5.75 Å². The van der Waals surface area contributed by atoms with Crippen molar-refractivity contribution in [1.29, 1.82) is 0 Å². The Hall–Kier alpha value is -1.63. The minimum atomic E-state index is -3.58. The Kier molecular flexibility index (Phi) is 6.44. The highest BCUT2D eigenvalue weighted by Gasteiger charge is 2.00. The molecule has 0 saturated carbocycles. The van der Waals surface area contributed by atoms with E-state index in [4.69, 9.17) is 4.74 Å². The first-order valence-electron chi connectivity index (χ1n) is 6.04. The second-order valence-corrected chi connectivity index (χ2v) is 5.82. The number of ether oxygens (including phenoxy) is 1. The monoisotopic (exact) mass is 304 g/mol. The fraction of sp³-hybridized carbons (Fsp3) is 0.385. The van der Waals surface area contributed by atoms with Gasteiger partial charge in [-0.3, -0.25) is 0 Å². The van der Waals surface area contributed by atoms with E-state index < -0.39 is 16.1 Å². The summed E-state index contributed by atoms with van der Waals surface area (Å²) in [5, 5.41) is 0. The fourth-order valence-electron chi connectivity index (χ4n) is 1.49. The molecule has 1 aromatic carbocycles. The molecule has 0 heterocycles. The zero-order valence-electron chi connectivity index (χ0n) is 11.1. The smallest absolute Gasteiger partial charge is 0.266 e. The minimum Gasteiger partial charge on any atom is -0.577 e. The van der Waals surface area contributed by atoms with E-state index in [-0.39, 0.29) is 12.2 Å². The van der Waals surface area contributed by atoms with Gasteiger partial charge in [0.1, 0.15) is 5.75 Å². The van der Waals surface area contributed by atoms with Crippen LogP contribution < -0.4 is 4.74 Å². The van der Waals surface area contributed by atoms with Crippen LogP contribution in [0.15, 0.2) is 36.4 Å². The molecule has 0 amide bonds. The second kappa shape index (κ2) is 7.84. The summed E-state index contributed by atoms with van der Waals surface area (Å²) in [5.74, 6) is 0.460. The van der Waals surface area contributed by atoms with Crippen LogP contribution in [-0.4, -0.2) is 21.3 Å². The van der Waals surface area contributed by atoms with Crippen molar-refractivity contribution in [3.63, 3.8) is 0 Å². The van der Waals surface area contributed by atoms with E-state index in [1.54, 1.807) is 12.1 Å². The summed E-state index contributed by atoms with van der Waals surface area (Å²) in [6.07, 6.45) is -0.107. The molecule has 7 heteroatoms. The number of rotatable bonds is 8. The fourth-order valence-corrected chi connectivity index (χ4v) is 2.59. The van der Waals surface area contributed by atoms with Crippen molar-refractivity contribution in [3.05, 3.63) is 41.1 Å². The standard InChI is InChI=1S/C13H16F2NO3S/c1-19-12-8-6-11(7-9-12)16-20(17,18)10-4-2-3-5-13(14)15/h5-9H,2-4,10H2,1H3/q-1. The minimum absolute atomic E-state index is 0.152. The highest BCUT2D eigenvalue weighted by atomic mass is 32.2. The van der Waals surface area contributed by atoms with Gasteiger partial charge in [0.15, 0.2) is 0 Å². The van der Waals surface area contributed by atoms with E-state index in [1.165, 1.54) is 19.2 Å². The van der Waals surface area contributed by atoms with Gasteiger partial charge < -0.3 is 9.46 Å². The molecule has 0 fully saturated rings. The van der Waals surface area contributed by atoms with Gasteiger partial charge in [-0.05, 0) is 37.5 Å². The summed E-state index contributed by atoms with van der Waals surface area (Å²) in [6.45, 7) is 0. The third-order valence-electron chi connectivity index (χ3n) is 2.47. The largest absolute Gasteiger partial charge is 0.577 e. The molecule has 112 valence electrons. The molecule has 1 aromatic rings. The molecule has 0 aliphatic rings. The molecule has 0 aliphatic heterocycles. The number of nitrogens with zero attached hydrogens (tertiary/aromatic N) is 1. The molecular formula is C13H16F2NO3S-. The molecule has 20 heavy (non-hydrogen) atoms. The molecule has 0 aliphatic carbocycles. The van der Waals surface area contributed by atoms with Crippen LogP contribution >= 0.6 is 0 Å². The molecule has 0 bridgehead atoms. The Bertz CT molecular complexity index is 537. The molecule has 4 nitrogen and oxygen atoms in total. The molecule has 0 saturated heterocycles. The second-order valence-electron chi connectivity index (χ2n) is 4.06. The topological polar surface area (TPSA) is 57.5 Å². The van der Waals surface area contributed by atoms with E-state index >= 15 is 0 Å². The highest BCUT2D eigenvalue weighted by Crippen LogP contribution is 2.25. The van der Waals surface area contributed by atoms with E-state index in [9.17, 15) is 17.2 Å². The summed E-state index contributed by atoms with van der Waals surface area (Å²) in [7, 11) is -2.07. The first-order valence-corrected chi connectivity index (χ1v) is 7.65. The van der Waals surface area contributed by atoms with Crippen molar-refractivity contribution in [2.24, 2.45) is 0 Å². The van der Waals surface area contributed by atoms with Crippen LogP contribution in [0.1, 0.15) is 19.3 Å². The lowest BCUT2D eigenvalue weighted by Crippen LogP contribution is -2.03. The van der Waals surface area contributed by atoms with Gasteiger partial charge >= 0.3 is 0 Å². The maximum Gasteiger partial charge on any atom is 0.266 e. The van der Waals surface area contributed by atoms with Gasteiger partial charge in [0.05, 0.1) is 17.1 Å². The number of hydrogen-bond donors (Lipinski definition) is 0. The van der Waals surface area contributed by atoms with Gasteiger partial charge in [-0.25, -0.2) is 8.42 Å². The summed E-state index contributed by atoms with van der Waals surface area (Å²) >= 11 is 0. The summed E-state index contributed by atoms with van der Waals surface area (Å²) in [4.78, 5) is 0. The zero-order valence-corrected chi connectivity index (χ0v) is 11.9. The van der Waals surface area contributed by atoms with Crippen LogP contribution in [0.4, 0.5) is 14.5 Å². The van der Waals surface area contributed by atoms with Gasteiger partial charge in [-0.1, -0.05) is 12.1 Å². The number of sulfonamides is 1. The molecule has 0 radical (unpaired) electrons. The molecule has 0 aromatic heterocycles. The van der Waals surface area contributed by atoms with E-state index in [0.29, 0.717) is 24.3 Å². The van der Waals surface area contributed by atoms with Crippen LogP contribution in [0, 0.1) is 0 Å². The maximum absolute atomic E-state index is 11.8. The average Bonchev–Trinajstić information content (AvgIpc) is 2.38. The Morgan fingerprint density at radius 1 is 1.25 bits per heavy atom. The molecule has 0 unspecified atom stereocenters. The van der Waals surface area contributed by atoms with Gasteiger partial charge in [-0.15, -0.1) is 5.69 Å². The number of hydrogen-bond acceptors (Lipinski definition) is 3. The Morgan fingerprint density at radius 3 is 2.45 bits per heavy atom. The predicted octanol–water partition coefficient (Wildman–Crippen LogP) is 3.98. The Labute approximate surface area is 117 Å². The third-order valence-corrected chi connectivity index (χ3v) is 3.77. The van der Waals surface area contributed by atoms with Crippen molar-refractivity contribution < 1.29 is 21.9 Å². The van der Waals surface area contributed by atoms with Crippen LogP contribution in [0.5, 0.6) is 5.75 Å². The summed E-state index contributed by atoms with van der Waals surface area (Å²) in [6, 6.07) is 6.31. The van der Waals surface area contributed by atoms with Crippen molar-refractivity contribution in [1.82, 2.24) is 0 Å². The lowest BCUT2D eigenvalue weighted by Gasteiger charge is -2.21. The number of methoxy groups -OCH3 is 1. The van der Waals surface area contributed by atoms with Gasteiger partial charge in [0, 0.05) is 5.75 Å². The summed E-state index contributed by atoms with van der Waals surface area (Å²) < 4.78 is 55.5. The SMILES string of the molecule is COc1ccc([N-]S(=O)(=O)CCCCC=C(F)F)cc1. The summed E-state index contributed by atoms with van der Waals surface area (Å²) in [5.41, 5.74) is 0.320. The van der Waals surface area contributed by atoms with Crippen LogP contribution in [0.2, 0.25) is 0 Å². The normalized spacial score (nSPS) is 10.9. The lowest BCUT2D eigenvalue weighted by molar-refractivity contribution is 0.415. The van der Waals surface area contributed by atoms with Crippen molar-refractivity contribution >= 4 is 15.7 Å². The average molecular weight is 304 g/mol. The van der Waals surface area contributed by atoms with Crippen molar-refractivity contribution in [2.45, 2.75) is 19.3 Å². The van der Waals surface area contributed by atoms with E-state index in [1.807, 2.05) is 0 Å². The third kappa shape index (κ3) is 6.51. The number of allylic oxidation sites excluding steroid dienone is 1. The number of unbranched alkanes of at least 4 members (excludes halogenated alkanes) is 2. The number of benzene rings is 1. The van der Waals surface area contributed by atoms with E-state index in [2.05, 4.69) is 4.72 Å². The highest BCUT2D eigenvalue weighted by molar-refractivity contribution is 7.94. The first kappa shape index (κ1) is 16.4. The molecule has 0 atom stereocenters. The molecule has 0 spiro atoms. The molecular weight excluding hydrogens is 288 g/mol. The van der Waals surface area contributed by atoms with Crippen LogP contribution in [0.3, 0.4) is 0 Å². The van der Waals surface area contributed by atoms with Crippen LogP contribution in [0.25, 0.3) is 4.72 Å². The Balaban J connectivity index is 2.42. The van der Waals surface area contributed by atoms with Gasteiger partial charge in [-0.2, -0.15) is 8.78 Å². The zero-order chi connectivity index (χ0) is 15.0. The van der Waals surface area contributed by atoms with Gasteiger partial charge in [0.25, 0.3) is 6.08 Å². The lowest BCUT2D eigenvalue weighted by atomic mass is 10.2. The Morgan fingerprint density at radius 2 is 1.90 bits per heavy atom. The van der Waals surface area contributed by atoms with Crippen molar-refractivity contribution in [2.75, 3.05) is 12.9 Å². The van der Waals surface area contributed by atoms with Gasteiger partial charge in [0.2, 0.25) is 0 Å². The predicted molar refractivity (Wildman–Crippen MR) is 73.9 cm³/mol. The molecule has 0 N–H and O–H groups in total. The number of halogens is 2. The van der Waals surface area contributed by atoms with Crippen LogP contribution in [-0.2, 0) is 10.0 Å². The first-order chi connectivity index (χ1) is 9.43. The maximum atomic E-state index is 11.8. The quantitative estimate of drug-likeness (QED) is 0.682. The van der Waals surface area contributed by atoms with E-state index in [0.717, 1.165) is 6.08 Å².